The molecule has 1 atom stereocenters. The molecule has 0 bridgehead atoms. The minimum absolute atomic E-state index is 0.0555. The van der Waals surface area contributed by atoms with Gasteiger partial charge in [0.15, 0.2) is 5.69 Å². The van der Waals surface area contributed by atoms with Crippen LogP contribution in [0.25, 0.3) is 10.8 Å². The average molecular weight is 347 g/mol. The standard InChI is InChI=1S/C21H21N3O2/c1-13(2)24-20(25)17-10-6-5-9-16(17)19(22-24)21(26)23-14(3)12-15-8-4-7-11-18(15)23/h4-11,13-14H,12H2,1-3H3. The Kier molecular flexibility index (Phi) is 3.87. The van der Waals surface area contributed by atoms with E-state index in [1.54, 1.807) is 17.0 Å². The van der Waals surface area contributed by atoms with Gasteiger partial charge in [0.2, 0.25) is 0 Å². The highest BCUT2D eigenvalue weighted by Crippen LogP contribution is 2.33. The quantitative estimate of drug-likeness (QED) is 0.712. The van der Waals surface area contributed by atoms with E-state index < -0.39 is 0 Å². The van der Waals surface area contributed by atoms with Gasteiger partial charge in [-0.3, -0.25) is 9.59 Å². The van der Waals surface area contributed by atoms with Crippen LogP contribution < -0.4 is 10.5 Å². The van der Waals surface area contributed by atoms with Gasteiger partial charge in [-0.15, -0.1) is 0 Å². The summed E-state index contributed by atoms with van der Waals surface area (Å²) in [4.78, 5) is 28.0. The summed E-state index contributed by atoms with van der Waals surface area (Å²) in [5, 5.41) is 5.60. The molecule has 4 rings (SSSR count). The summed E-state index contributed by atoms with van der Waals surface area (Å²) in [5.74, 6) is -0.159. The molecular weight excluding hydrogens is 326 g/mol. The molecule has 1 aliphatic rings. The van der Waals surface area contributed by atoms with Crippen molar-refractivity contribution >= 4 is 22.4 Å². The van der Waals surface area contributed by atoms with Crippen molar-refractivity contribution in [2.75, 3.05) is 4.90 Å². The van der Waals surface area contributed by atoms with E-state index in [1.165, 1.54) is 4.68 Å². The van der Waals surface area contributed by atoms with Crippen LogP contribution >= 0.6 is 0 Å². The van der Waals surface area contributed by atoms with Crippen molar-refractivity contribution in [3.8, 4) is 0 Å². The Labute approximate surface area is 151 Å². The van der Waals surface area contributed by atoms with Gasteiger partial charge < -0.3 is 4.90 Å². The minimum atomic E-state index is -0.165. The summed E-state index contributed by atoms with van der Waals surface area (Å²) in [6.45, 7) is 5.83. The maximum Gasteiger partial charge on any atom is 0.279 e. The maximum atomic E-state index is 13.5. The van der Waals surface area contributed by atoms with Gasteiger partial charge in [-0.1, -0.05) is 36.4 Å². The Morgan fingerprint density at radius 1 is 1.08 bits per heavy atom. The van der Waals surface area contributed by atoms with Gasteiger partial charge in [0.25, 0.3) is 11.5 Å². The molecule has 2 heterocycles. The van der Waals surface area contributed by atoms with Crippen molar-refractivity contribution in [3.05, 3.63) is 70.1 Å². The Bertz CT molecular complexity index is 1070. The lowest BCUT2D eigenvalue weighted by molar-refractivity contribution is 0.0976. The number of aromatic nitrogens is 2. The predicted octanol–water partition coefficient (Wildman–Crippen LogP) is 3.57. The first-order valence-corrected chi connectivity index (χ1v) is 8.92. The van der Waals surface area contributed by atoms with Crippen LogP contribution in [0.1, 0.15) is 42.9 Å². The van der Waals surface area contributed by atoms with Crippen molar-refractivity contribution in [2.45, 2.75) is 39.3 Å². The van der Waals surface area contributed by atoms with Gasteiger partial charge in [-0.25, -0.2) is 4.68 Å². The van der Waals surface area contributed by atoms with Gasteiger partial charge in [0, 0.05) is 17.1 Å². The van der Waals surface area contributed by atoms with Crippen LogP contribution in [0.15, 0.2) is 53.3 Å². The van der Waals surface area contributed by atoms with Crippen LogP contribution in [0.5, 0.6) is 0 Å². The molecule has 1 aliphatic heterocycles. The average Bonchev–Trinajstić information content (AvgIpc) is 2.97. The fourth-order valence-corrected chi connectivity index (χ4v) is 3.70. The van der Waals surface area contributed by atoms with Gasteiger partial charge in [0.1, 0.15) is 0 Å². The summed E-state index contributed by atoms with van der Waals surface area (Å²) in [7, 11) is 0. The molecule has 1 unspecified atom stereocenters. The number of amides is 1. The zero-order valence-electron chi connectivity index (χ0n) is 15.1. The number of hydrogen-bond donors (Lipinski definition) is 0. The summed E-state index contributed by atoms with van der Waals surface area (Å²) < 4.78 is 1.40. The molecular formula is C21H21N3O2. The Balaban J connectivity index is 1.93. The first-order chi connectivity index (χ1) is 12.5. The van der Waals surface area contributed by atoms with Crippen molar-refractivity contribution < 1.29 is 4.79 Å². The molecule has 0 spiro atoms. The van der Waals surface area contributed by atoms with E-state index in [1.807, 2.05) is 51.1 Å². The zero-order valence-corrected chi connectivity index (χ0v) is 15.1. The maximum absolute atomic E-state index is 13.5. The van der Waals surface area contributed by atoms with Gasteiger partial charge in [0.05, 0.1) is 11.4 Å². The number of para-hydroxylation sites is 1. The van der Waals surface area contributed by atoms with E-state index in [-0.39, 0.29) is 23.6 Å². The van der Waals surface area contributed by atoms with E-state index in [4.69, 9.17) is 0 Å². The van der Waals surface area contributed by atoms with Crippen LogP contribution in [-0.2, 0) is 6.42 Å². The first kappa shape index (κ1) is 16.5. The molecule has 0 aliphatic carbocycles. The van der Waals surface area contributed by atoms with Crippen molar-refractivity contribution in [3.63, 3.8) is 0 Å². The highest BCUT2D eigenvalue weighted by molar-refractivity contribution is 6.13. The zero-order chi connectivity index (χ0) is 18.4. The third-order valence-electron chi connectivity index (χ3n) is 4.95. The molecule has 1 amide bonds. The van der Waals surface area contributed by atoms with Crippen LogP contribution in [0, 0.1) is 0 Å². The van der Waals surface area contributed by atoms with Gasteiger partial charge in [-0.05, 0) is 44.9 Å². The SMILES string of the molecule is CC1Cc2ccccc2N1C(=O)c1nn(C(C)C)c(=O)c2ccccc12. The molecule has 3 aromatic rings. The fourth-order valence-electron chi connectivity index (χ4n) is 3.70. The highest BCUT2D eigenvalue weighted by atomic mass is 16.2. The lowest BCUT2D eigenvalue weighted by Crippen LogP contribution is -2.38. The van der Waals surface area contributed by atoms with E-state index in [0.717, 1.165) is 17.7 Å². The van der Waals surface area contributed by atoms with E-state index in [9.17, 15) is 9.59 Å². The van der Waals surface area contributed by atoms with E-state index >= 15 is 0 Å². The molecule has 0 fully saturated rings. The monoisotopic (exact) mass is 347 g/mol. The summed E-state index contributed by atoms with van der Waals surface area (Å²) >= 11 is 0. The number of hydrogen-bond acceptors (Lipinski definition) is 3. The summed E-state index contributed by atoms with van der Waals surface area (Å²) in [6, 6.07) is 15.1. The van der Waals surface area contributed by atoms with Crippen LogP contribution in [-0.4, -0.2) is 21.7 Å². The van der Waals surface area contributed by atoms with Crippen LogP contribution in [0.2, 0.25) is 0 Å². The van der Waals surface area contributed by atoms with Crippen molar-refractivity contribution in [1.29, 1.82) is 0 Å². The minimum Gasteiger partial charge on any atom is -0.304 e. The molecule has 5 nitrogen and oxygen atoms in total. The molecule has 1 aromatic heterocycles. The Morgan fingerprint density at radius 3 is 2.46 bits per heavy atom. The van der Waals surface area contributed by atoms with Crippen LogP contribution in [0.4, 0.5) is 5.69 Å². The number of rotatable bonds is 2. The largest absolute Gasteiger partial charge is 0.304 e. The van der Waals surface area contributed by atoms with Crippen LogP contribution in [0.3, 0.4) is 0 Å². The second kappa shape index (κ2) is 6.09. The third-order valence-corrected chi connectivity index (χ3v) is 4.95. The predicted molar refractivity (Wildman–Crippen MR) is 103 cm³/mol. The molecule has 132 valence electrons. The number of fused-ring (bicyclic) bond motifs is 2. The molecule has 5 heteroatoms. The lowest BCUT2D eigenvalue weighted by atomic mass is 10.1. The molecule has 0 saturated carbocycles. The number of carbonyl (C=O) groups is 1. The molecule has 2 aromatic carbocycles. The molecule has 0 saturated heterocycles. The van der Waals surface area contributed by atoms with Gasteiger partial charge >= 0.3 is 0 Å². The highest BCUT2D eigenvalue weighted by Gasteiger charge is 2.33. The summed E-state index contributed by atoms with van der Waals surface area (Å²) in [5.41, 5.74) is 2.26. The third kappa shape index (κ3) is 2.43. The molecule has 0 radical (unpaired) electrons. The second-order valence-corrected chi connectivity index (χ2v) is 7.09. The van der Waals surface area contributed by atoms with E-state index in [0.29, 0.717) is 16.5 Å². The number of carbonyl (C=O) groups excluding carboxylic acids is 1. The Hall–Kier alpha value is -2.95. The van der Waals surface area contributed by atoms with Gasteiger partial charge in [-0.2, -0.15) is 5.10 Å². The second-order valence-electron chi connectivity index (χ2n) is 7.09. The Morgan fingerprint density at radius 2 is 1.73 bits per heavy atom. The number of anilines is 1. The smallest absolute Gasteiger partial charge is 0.279 e. The molecule has 26 heavy (non-hydrogen) atoms. The van der Waals surface area contributed by atoms with Crippen molar-refractivity contribution in [2.24, 2.45) is 0 Å². The lowest BCUT2D eigenvalue weighted by Gasteiger charge is -2.23. The molecule has 0 N–H and O–H groups in total. The van der Waals surface area contributed by atoms with E-state index in [2.05, 4.69) is 11.2 Å². The first-order valence-electron chi connectivity index (χ1n) is 8.92. The summed E-state index contributed by atoms with van der Waals surface area (Å²) in [6.07, 6.45) is 0.823. The fraction of sp³-hybridized carbons (Fsp3) is 0.286. The number of nitrogens with zero attached hydrogens (tertiary/aromatic N) is 3. The normalized spacial score (nSPS) is 16.3. The number of benzene rings is 2. The topological polar surface area (TPSA) is 55.2 Å². The van der Waals surface area contributed by atoms with Crippen molar-refractivity contribution in [1.82, 2.24) is 9.78 Å².